The van der Waals surface area contributed by atoms with Gasteiger partial charge in [0, 0.05) is 42.7 Å². The van der Waals surface area contributed by atoms with Crippen molar-refractivity contribution >= 4 is 42.6 Å². The van der Waals surface area contributed by atoms with E-state index in [1.54, 1.807) is 15.6 Å². The summed E-state index contributed by atoms with van der Waals surface area (Å²) in [6.07, 6.45) is 8.49. The van der Waals surface area contributed by atoms with Crippen molar-refractivity contribution in [3.63, 3.8) is 0 Å². The molecule has 11 heteroatoms. The first-order valence-corrected chi connectivity index (χ1v) is 13.4. The van der Waals surface area contributed by atoms with Crippen LogP contribution in [0.4, 0.5) is 5.82 Å². The minimum atomic E-state index is -1.02. The third-order valence-electron chi connectivity index (χ3n) is 7.38. The van der Waals surface area contributed by atoms with E-state index in [0.717, 1.165) is 53.6 Å². The number of nitrogens with one attached hydrogen (secondary N) is 2. The molecule has 1 amide bonds. The van der Waals surface area contributed by atoms with Gasteiger partial charge in [-0.25, -0.2) is 4.52 Å². The number of aliphatic hydroxyl groups is 1. The predicted molar refractivity (Wildman–Crippen MR) is 151 cm³/mol. The topological polar surface area (TPSA) is 150 Å². The summed E-state index contributed by atoms with van der Waals surface area (Å²) in [5.41, 5.74) is 11.2. The number of aromatic nitrogens is 3. The number of hydrogen-bond acceptors (Lipinski definition) is 9. The molecule has 0 saturated carbocycles. The zero-order chi connectivity index (χ0) is 27.2. The molecule has 2 atom stereocenters. The molecule has 3 aromatic rings. The standard InChI is InChI=1S/C27H35N7O3S/c1-17(36)27(37)33-10-6-19(7-11-33)22-13-25-23(15-31-34(25)26(29)24(22)16-35)20-2-3-21(30-14-20)12-18(4-8-28)5-9-32-38/h2-3,8,13-19,28,32,36,38H,4-7,9-12,29H2,1H3. The van der Waals surface area contributed by atoms with Crippen LogP contribution in [0.2, 0.25) is 0 Å². The minimum absolute atomic E-state index is 0.0568. The smallest absolute Gasteiger partial charge is 0.251 e. The van der Waals surface area contributed by atoms with E-state index in [1.807, 2.05) is 24.4 Å². The lowest BCUT2D eigenvalue weighted by Crippen LogP contribution is -2.42. The van der Waals surface area contributed by atoms with E-state index < -0.39 is 6.10 Å². The molecular formula is C27H35N7O3S. The van der Waals surface area contributed by atoms with Gasteiger partial charge in [-0.05, 0) is 74.8 Å². The number of amides is 1. The summed E-state index contributed by atoms with van der Waals surface area (Å²) < 4.78 is 4.46. The van der Waals surface area contributed by atoms with E-state index in [2.05, 4.69) is 27.6 Å². The predicted octanol–water partition coefficient (Wildman–Crippen LogP) is 2.90. The van der Waals surface area contributed by atoms with Crippen molar-refractivity contribution in [3.05, 3.63) is 47.4 Å². The number of carbonyl (C=O) groups excluding carboxylic acids is 2. The number of nitrogens with two attached hydrogens (primary N) is 1. The number of thiol groups is 1. The van der Waals surface area contributed by atoms with Gasteiger partial charge < -0.3 is 21.1 Å². The highest BCUT2D eigenvalue weighted by Gasteiger charge is 2.28. The van der Waals surface area contributed by atoms with Gasteiger partial charge in [0.25, 0.3) is 5.91 Å². The van der Waals surface area contributed by atoms with Crippen molar-refractivity contribution in [3.8, 4) is 11.1 Å². The highest BCUT2D eigenvalue weighted by Crippen LogP contribution is 2.36. The Kier molecular flexibility index (Phi) is 9.13. The van der Waals surface area contributed by atoms with Crippen molar-refractivity contribution in [1.82, 2.24) is 24.2 Å². The van der Waals surface area contributed by atoms with Gasteiger partial charge in [0.05, 0.1) is 17.3 Å². The number of likely N-dealkylation sites (tertiary alicyclic amines) is 1. The third-order valence-corrected chi connectivity index (χ3v) is 7.61. The van der Waals surface area contributed by atoms with Crippen LogP contribution >= 0.6 is 12.8 Å². The molecule has 4 rings (SSSR count). The molecule has 1 saturated heterocycles. The van der Waals surface area contributed by atoms with E-state index in [1.165, 1.54) is 13.1 Å². The van der Waals surface area contributed by atoms with Gasteiger partial charge in [0.1, 0.15) is 11.9 Å². The lowest BCUT2D eigenvalue weighted by atomic mass is 9.86. The molecule has 1 fully saturated rings. The van der Waals surface area contributed by atoms with E-state index in [4.69, 9.17) is 11.1 Å². The normalized spacial score (nSPS) is 15.9. The highest BCUT2D eigenvalue weighted by atomic mass is 32.1. The van der Waals surface area contributed by atoms with Gasteiger partial charge in [-0.1, -0.05) is 18.9 Å². The molecule has 0 aromatic carbocycles. The minimum Gasteiger partial charge on any atom is -0.384 e. The van der Waals surface area contributed by atoms with Crippen LogP contribution in [-0.2, 0) is 11.2 Å². The Morgan fingerprint density at radius 3 is 2.71 bits per heavy atom. The molecule has 202 valence electrons. The number of aliphatic hydroxyl groups excluding tert-OH is 1. The van der Waals surface area contributed by atoms with Crippen molar-refractivity contribution in [2.75, 3.05) is 25.4 Å². The number of carbonyl (C=O) groups is 2. The first-order chi connectivity index (χ1) is 18.4. The summed E-state index contributed by atoms with van der Waals surface area (Å²) >= 11 is 4.06. The largest absolute Gasteiger partial charge is 0.384 e. The Bertz CT molecular complexity index is 1280. The van der Waals surface area contributed by atoms with Crippen LogP contribution in [-0.4, -0.2) is 68.8 Å². The number of rotatable bonds is 11. The van der Waals surface area contributed by atoms with Crippen LogP contribution in [0.5, 0.6) is 0 Å². The summed E-state index contributed by atoms with van der Waals surface area (Å²) in [7, 11) is 0. The van der Waals surface area contributed by atoms with Crippen molar-refractivity contribution < 1.29 is 14.7 Å². The molecule has 1 aliphatic heterocycles. The van der Waals surface area contributed by atoms with Gasteiger partial charge in [0.2, 0.25) is 0 Å². The molecule has 5 N–H and O–H groups in total. The Hall–Kier alpha value is -3.28. The van der Waals surface area contributed by atoms with Gasteiger partial charge >= 0.3 is 0 Å². The molecular weight excluding hydrogens is 502 g/mol. The molecule has 10 nitrogen and oxygen atoms in total. The van der Waals surface area contributed by atoms with Crippen molar-refractivity contribution in [2.45, 2.75) is 51.0 Å². The van der Waals surface area contributed by atoms with Gasteiger partial charge in [-0.3, -0.25) is 19.3 Å². The number of pyridine rings is 2. The van der Waals surface area contributed by atoms with Crippen molar-refractivity contribution in [1.29, 1.82) is 5.41 Å². The summed E-state index contributed by atoms with van der Waals surface area (Å²) in [5, 5.41) is 21.6. The number of aldehydes is 1. The number of nitrogen functional groups attached to an aromatic ring is 1. The molecule has 0 bridgehead atoms. The first-order valence-electron chi connectivity index (χ1n) is 12.9. The summed E-state index contributed by atoms with van der Waals surface area (Å²) in [4.78, 5) is 30.6. The van der Waals surface area contributed by atoms with E-state index in [0.29, 0.717) is 43.8 Å². The molecule has 0 spiro atoms. The van der Waals surface area contributed by atoms with Crippen molar-refractivity contribution in [2.24, 2.45) is 5.92 Å². The number of piperidine rings is 1. The van der Waals surface area contributed by atoms with Crippen LogP contribution < -0.4 is 10.5 Å². The molecule has 0 radical (unpaired) electrons. The molecule has 1 aliphatic rings. The fourth-order valence-electron chi connectivity index (χ4n) is 5.28. The Morgan fingerprint density at radius 2 is 2.11 bits per heavy atom. The number of nitrogens with zero attached hydrogens (tertiary/aromatic N) is 4. The van der Waals surface area contributed by atoms with Gasteiger partial charge in [0.15, 0.2) is 6.29 Å². The van der Waals surface area contributed by atoms with E-state index in [9.17, 15) is 14.7 Å². The fourth-order valence-corrected chi connectivity index (χ4v) is 5.41. The molecule has 38 heavy (non-hydrogen) atoms. The second kappa shape index (κ2) is 12.5. The number of hydrogen-bond donors (Lipinski definition) is 5. The lowest BCUT2D eigenvalue weighted by molar-refractivity contribution is -0.140. The zero-order valence-electron chi connectivity index (χ0n) is 21.5. The molecule has 4 heterocycles. The third kappa shape index (κ3) is 5.90. The number of anilines is 1. The van der Waals surface area contributed by atoms with Crippen LogP contribution in [0.1, 0.15) is 60.1 Å². The van der Waals surface area contributed by atoms with E-state index >= 15 is 0 Å². The Balaban J connectivity index is 1.60. The van der Waals surface area contributed by atoms with Gasteiger partial charge in [-0.2, -0.15) is 5.10 Å². The second-order valence-electron chi connectivity index (χ2n) is 9.89. The maximum atomic E-state index is 12.2. The second-order valence-corrected chi connectivity index (χ2v) is 10.2. The quantitative estimate of drug-likeness (QED) is 0.143. The SMILES string of the molecule is CC(O)C(=O)N1CCC(c2cc3c(-c4ccc(CC(CC=N)CCNS)nc4)cnn3c(N)c2C=O)CC1. The molecule has 0 aliphatic carbocycles. The monoisotopic (exact) mass is 537 g/mol. The molecule has 3 aromatic heterocycles. The lowest BCUT2D eigenvalue weighted by Gasteiger charge is -2.33. The summed E-state index contributed by atoms with van der Waals surface area (Å²) in [5.74, 6) is 0.388. The van der Waals surface area contributed by atoms with Crippen LogP contribution in [0.3, 0.4) is 0 Å². The Labute approximate surface area is 227 Å². The zero-order valence-corrected chi connectivity index (χ0v) is 22.4. The average Bonchev–Trinajstić information content (AvgIpc) is 3.36. The fraction of sp³-hybridized carbons (Fsp3) is 0.444. The maximum Gasteiger partial charge on any atom is 0.251 e. The highest BCUT2D eigenvalue weighted by molar-refractivity contribution is 7.78. The van der Waals surface area contributed by atoms with Crippen LogP contribution in [0.25, 0.3) is 16.6 Å². The summed E-state index contributed by atoms with van der Waals surface area (Å²) in [6, 6.07) is 6.00. The first kappa shape index (κ1) is 27.7. The Morgan fingerprint density at radius 1 is 1.34 bits per heavy atom. The molecule has 2 unspecified atom stereocenters. The summed E-state index contributed by atoms with van der Waals surface area (Å²) in [6.45, 7) is 3.27. The van der Waals surface area contributed by atoms with Crippen LogP contribution in [0, 0.1) is 11.3 Å². The van der Waals surface area contributed by atoms with E-state index in [-0.39, 0.29) is 17.6 Å². The maximum absolute atomic E-state index is 12.2. The number of fused-ring (bicyclic) bond motifs is 1. The van der Waals surface area contributed by atoms with Gasteiger partial charge in [-0.15, -0.1) is 0 Å². The average molecular weight is 538 g/mol. The van der Waals surface area contributed by atoms with Crippen LogP contribution in [0.15, 0.2) is 30.6 Å².